The molecule has 0 saturated carbocycles. The fraction of sp³-hybridized carbons (Fsp3) is 0.200. The van der Waals surface area contributed by atoms with Gasteiger partial charge in [0.1, 0.15) is 5.75 Å². The fourth-order valence-corrected chi connectivity index (χ4v) is 3.64. The summed E-state index contributed by atoms with van der Waals surface area (Å²) in [5.74, 6) is -0.603. The van der Waals surface area contributed by atoms with Gasteiger partial charge in [-0.25, -0.2) is 0 Å². The highest BCUT2D eigenvalue weighted by Gasteiger charge is 2.43. The molecular formula is C25H21ClF4NO4+. The number of ether oxygens (including phenoxy) is 1. The molecule has 1 atom stereocenters. The number of alkyl halides is 4. The van der Waals surface area contributed by atoms with Crippen LogP contribution in [0, 0.1) is 0 Å². The van der Waals surface area contributed by atoms with Crippen LogP contribution in [0.5, 0.6) is 5.75 Å². The van der Waals surface area contributed by atoms with Crippen LogP contribution in [0.25, 0.3) is 11.1 Å². The largest absolute Gasteiger partial charge is 0.626 e. The van der Waals surface area contributed by atoms with Crippen molar-refractivity contribution in [2.24, 2.45) is 0 Å². The van der Waals surface area contributed by atoms with Gasteiger partial charge in [-0.15, -0.1) is 0 Å². The lowest BCUT2D eigenvalue weighted by Gasteiger charge is -2.17. The first-order valence-corrected chi connectivity index (χ1v) is 10.8. The number of rotatable bonds is 10. The number of benzene rings is 3. The number of ketones is 1. The van der Waals surface area contributed by atoms with Gasteiger partial charge in [0.25, 0.3) is 0 Å². The predicted molar refractivity (Wildman–Crippen MR) is 123 cm³/mol. The van der Waals surface area contributed by atoms with Crippen LogP contribution in [0.1, 0.15) is 34.8 Å². The fourth-order valence-electron chi connectivity index (χ4n) is 3.40. The summed E-state index contributed by atoms with van der Waals surface area (Å²) in [4.78, 5) is 23.9. The summed E-state index contributed by atoms with van der Waals surface area (Å²) in [6.07, 6.45) is -9.22. The summed E-state index contributed by atoms with van der Waals surface area (Å²) in [6.45, 7) is 0. The Bertz CT molecular complexity index is 1170. The molecule has 0 aromatic heterocycles. The molecule has 3 N–H and O–H groups in total. The number of amides is 1. The maximum absolute atomic E-state index is 13.1. The molecule has 184 valence electrons. The van der Waals surface area contributed by atoms with Gasteiger partial charge in [-0.2, -0.15) is 17.6 Å². The SMILES string of the molecule is O=C([OH2+])NC(CCC(=O)c1ccccc1Cl)c1ccc(-c2ccc(OC(F)(F)C(F)F)cc2)cc1. The van der Waals surface area contributed by atoms with Crippen LogP contribution in [0.3, 0.4) is 0 Å². The van der Waals surface area contributed by atoms with Crippen molar-refractivity contribution in [3.8, 4) is 16.9 Å². The first kappa shape index (κ1) is 26.0. The Morgan fingerprint density at radius 3 is 2.06 bits per heavy atom. The zero-order valence-electron chi connectivity index (χ0n) is 18.1. The number of Topliss-reactive ketones (excluding diaryl/α,β-unsaturated/α-hetero) is 1. The minimum absolute atomic E-state index is 0.0845. The third-order valence-electron chi connectivity index (χ3n) is 5.15. The molecule has 10 heteroatoms. The molecule has 0 saturated heterocycles. The van der Waals surface area contributed by atoms with Crippen LogP contribution < -0.4 is 10.1 Å². The molecule has 3 aromatic carbocycles. The van der Waals surface area contributed by atoms with Gasteiger partial charge in [0, 0.05) is 12.0 Å². The maximum Gasteiger partial charge on any atom is 0.626 e. The van der Waals surface area contributed by atoms with Gasteiger partial charge >= 0.3 is 18.6 Å². The molecule has 0 fully saturated rings. The highest BCUT2D eigenvalue weighted by molar-refractivity contribution is 6.33. The first-order chi connectivity index (χ1) is 16.6. The zero-order valence-corrected chi connectivity index (χ0v) is 18.9. The average molecular weight is 511 g/mol. The van der Waals surface area contributed by atoms with E-state index in [-0.39, 0.29) is 18.6 Å². The van der Waals surface area contributed by atoms with Crippen molar-refractivity contribution < 1.29 is 37.0 Å². The van der Waals surface area contributed by atoms with E-state index in [9.17, 15) is 27.2 Å². The molecule has 0 aliphatic rings. The van der Waals surface area contributed by atoms with Crippen LogP contribution in [0.2, 0.25) is 5.02 Å². The molecule has 0 aliphatic carbocycles. The van der Waals surface area contributed by atoms with Crippen molar-refractivity contribution in [2.75, 3.05) is 0 Å². The summed E-state index contributed by atoms with van der Waals surface area (Å²) >= 11 is 6.07. The van der Waals surface area contributed by atoms with Crippen molar-refractivity contribution >= 4 is 23.5 Å². The molecule has 0 spiro atoms. The summed E-state index contributed by atoms with van der Waals surface area (Å²) < 4.78 is 54.7. The van der Waals surface area contributed by atoms with Crippen molar-refractivity contribution in [3.63, 3.8) is 0 Å². The highest BCUT2D eigenvalue weighted by Crippen LogP contribution is 2.30. The lowest BCUT2D eigenvalue weighted by atomic mass is 9.96. The number of carbonyl (C=O) groups excluding carboxylic acids is 2. The first-order valence-electron chi connectivity index (χ1n) is 10.4. The van der Waals surface area contributed by atoms with Crippen molar-refractivity contribution in [1.29, 1.82) is 0 Å². The maximum atomic E-state index is 13.1. The van der Waals surface area contributed by atoms with Gasteiger partial charge < -0.3 is 9.84 Å². The lowest BCUT2D eigenvalue weighted by molar-refractivity contribution is -0.253. The van der Waals surface area contributed by atoms with E-state index in [1.165, 1.54) is 12.1 Å². The topological polar surface area (TPSA) is 78.3 Å². The highest BCUT2D eigenvalue weighted by atomic mass is 35.5. The molecule has 0 aliphatic heterocycles. The Kier molecular flexibility index (Phi) is 8.34. The van der Waals surface area contributed by atoms with E-state index in [1.54, 1.807) is 48.5 Å². The molecule has 1 unspecified atom stereocenters. The van der Waals surface area contributed by atoms with E-state index in [1.807, 2.05) is 0 Å². The number of carbonyl (C=O) groups is 2. The smallest absolute Gasteiger partial charge is 0.547 e. The molecule has 0 heterocycles. The monoisotopic (exact) mass is 510 g/mol. The van der Waals surface area contributed by atoms with Crippen molar-refractivity contribution in [2.45, 2.75) is 31.4 Å². The molecule has 0 radical (unpaired) electrons. The molecule has 3 aromatic rings. The van der Waals surface area contributed by atoms with E-state index < -0.39 is 30.4 Å². The summed E-state index contributed by atoms with van der Waals surface area (Å²) in [5, 5.41) is 10.1. The normalized spacial score (nSPS) is 12.3. The summed E-state index contributed by atoms with van der Waals surface area (Å²) in [6, 6.07) is 18.0. The van der Waals surface area contributed by atoms with Crippen LogP contribution >= 0.6 is 11.6 Å². The van der Waals surface area contributed by atoms with Gasteiger partial charge in [0.05, 0.1) is 15.9 Å². The second kappa shape index (κ2) is 11.2. The Balaban J connectivity index is 1.71. The van der Waals surface area contributed by atoms with Crippen LogP contribution in [0.4, 0.5) is 22.4 Å². The third kappa shape index (κ3) is 6.95. The van der Waals surface area contributed by atoms with Gasteiger partial charge in [-0.1, -0.05) is 60.1 Å². The van der Waals surface area contributed by atoms with Crippen LogP contribution in [0.15, 0.2) is 72.8 Å². The molecule has 1 amide bonds. The minimum Gasteiger partial charge on any atom is -0.547 e. The van der Waals surface area contributed by atoms with Gasteiger partial charge in [-0.05, 0) is 47.4 Å². The second-order valence-electron chi connectivity index (χ2n) is 7.58. The van der Waals surface area contributed by atoms with Crippen molar-refractivity contribution in [1.82, 2.24) is 5.32 Å². The average Bonchev–Trinajstić information content (AvgIpc) is 2.82. The summed E-state index contributed by atoms with van der Waals surface area (Å²) in [5.41, 5.74) is 2.32. The number of nitrogens with one attached hydrogen (secondary N) is 1. The summed E-state index contributed by atoms with van der Waals surface area (Å²) in [7, 11) is 0. The number of hydrogen-bond acceptors (Lipinski definition) is 3. The molecule has 3 rings (SSSR count). The lowest BCUT2D eigenvalue weighted by Crippen LogP contribution is -2.33. The van der Waals surface area contributed by atoms with Gasteiger partial charge in [-0.3, -0.25) is 10.1 Å². The van der Waals surface area contributed by atoms with Crippen LogP contribution in [-0.2, 0) is 0 Å². The van der Waals surface area contributed by atoms with E-state index in [0.717, 1.165) is 12.1 Å². The minimum atomic E-state index is -4.59. The predicted octanol–water partition coefficient (Wildman–Crippen LogP) is 6.38. The van der Waals surface area contributed by atoms with E-state index >= 15 is 0 Å². The van der Waals surface area contributed by atoms with Gasteiger partial charge in [0.2, 0.25) is 0 Å². The standard InChI is InChI=1S/C25H20ClF4NO4/c26-20-4-2-1-3-19(20)22(32)14-13-21(31-24(33)34)17-7-5-15(6-8-17)16-9-11-18(12-10-16)35-25(29,30)23(27)28/h1-12,21,23,31H,13-14H2,(H,33,34)/p+1. The quantitative estimate of drug-likeness (QED) is 0.195. The van der Waals surface area contributed by atoms with Crippen molar-refractivity contribution in [3.05, 3.63) is 88.9 Å². The molecule has 35 heavy (non-hydrogen) atoms. The Morgan fingerprint density at radius 2 is 1.51 bits per heavy atom. The van der Waals surface area contributed by atoms with Crippen LogP contribution in [-0.4, -0.2) is 29.5 Å². The van der Waals surface area contributed by atoms with E-state index in [0.29, 0.717) is 27.3 Å². The zero-order chi connectivity index (χ0) is 25.6. The number of halogens is 5. The Hall–Kier alpha value is -3.59. The molecule has 0 bridgehead atoms. The van der Waals surface area contributed by atoms with Gasteiger partial charge in [0.15, 0.2) is 5.78 Å². The Morgan fingerprint density at radius 1 is 0.943 bits per heavy atom. The Labute approximate surface area is 203 Å². The van der Waals surface area contributed by atoms with E-state index in [2.05, 4.69) is 10.1 Å². The molecule has 5 nitrogen and oxygen atoms in total. The third-order valence-corrected chi connectivity index (χ3v) is 5.48. The van der Waals surface area contributed by atoms with E-state index in [4.69, 9.17) is 16.7 Å². The molecular weight excluding hydrogens is 490 g/mol. The number of hydrogen-bond donors (Lipinski definition) is 1. The second-order valence-corrected chi connectivity index (χ2v) is 7.99.